The Morgan fingerprint density at radius 3 is 2.86 bits per heavy atom. The third-order valence-electron chi connectivity index (χ3n) is 4.61. The van der Waals surface area contributed by atoms with Crippen molar-refractivity contribution in [2.24, 2.45) is 5.92 Å². The average molecular weight is 294 g/mol. The van der Waals surface area contributed by atoms with E-state index in [1.54, 1.807) is 7.11 Å². The highest BCUT2D eigenvalue weighted by Crippen LogP contribution is 2.29. The molecule has 0 spiro atoms. The van der Waals surface area contributed by atoms with Gasteiger partial charge in [-0.15, -0.1) is 5.10 Å². The van der Waals surface area contributed by atoms with Gasteiger partial charge >= 0.3 is 0 Å². The van der Waals surface area contributed by atoms with Crippen LogP contribution < -0.4 is 0 Å². The lowest BCUT2D eigenvalue weighted by Gasteiger charge is -2.35. The first-order chi connectivity index (χ1) is 10.3. The molecule has 3 heterocycles. The number of nitrogens with zero attached hydrogens (tertiary/aromatic N) is 4. The molecule has 0 aliphatic carbocycles. The Morgan fingerprint density at radius 1 is 1.33 bits per heavy atom. The molecule has 2 aliphatic heterocycles. The predicted molar refractivity (Wildman–Crippen MR) is 79.1 cm³/mol. The van der Waals surface area contributed by atoms with Gasteiger partial charge in [0.25, 0.3) is 0 Å². The summed E-state index contributed by atoms with van der Waals surface area (Å²) in [6.07, 6.45) is 2.36. The molecule has 0 N–H and O–H groups in total. The Balaban J connectivity index is 1.71. The Morgan fingerprint density at radius 2 is 2.14 bits per heavy atom. The van der Waals surface area contributed by atoms with Gasteiger partial charge in [0, 0.05) is 52.4 Å². The topological polar surface area (TPSA) is 52.4 Å². The largest absolute Gasteiger partial charge is 0.384 e. The normalized spacial score (nSPS) is 24.2. The van der Waals surface area contributed by atoms with Crippen molar-refractivity contribution in [1.29, 1.82) is 0 Å². The fraction of sp³-hybridized carbons (Fsp3) is 0.867. The van der Waals surface area contributed by atoms with E-state index in [2.05, 4.69) is 22.1 Å². The van der Waals surface area contributed by atoms with Crippen molar-refractivity contribution in [1.82, 2.24) is 19.9 Å². The molecule has 3 rings (SSSR count). The van der Waals surface area contributed by atoms with Crippen molar-refractivity contribution in [2.45, 2.75) is 38.8 Å². The summed E-state index contributed by atoms with van der Waals surface area (Å²) in [5, 5.41) is 8.69. The summed E-state index contributed by atoms with van der Waals surface area (Å²) in [6, 6.07) is 0. The van der Waals surface area contributed by atoms with Gasteiger partial charge in [0.15, 0.2) is 0 Å². The van der Waals surface area contributed by atoms with Crippen LogP contribution in [-0.2, 0) is 22.6 Å². The van der Waals surface area contributed by atoms with E-state index in [0.29, 0.717) is 5.92 Å². The molecule has 2 aliphatic rings. The number of methoxy groups -OCH3 is 1. The molecule has 1 saturated heterocycles. The number of aryl methyl sites for hydroxylation is 1. The van der Waals surface area contributed by atoms with Crippen molar-refractivity contribution in [2.75, 3.05) is 40.0 Å². The number of hydrogen-bond donors (Lipinski definition) is 0. The van der Waals surface area contributed by atoms with Crippen LogP contribution in [0.25, 0.3) is 0 Å². The SMILES string of the molecule is CCn1nnc2c1[C@@H](COC)CN(CC1CCOCC1)C2. The van der Waals surface area contributed by atoms with Crippen molar-refractivity contribution >= 4 is 0 Å². The second kappa shape index (κ2) is 6.85. The Hall–Kier alpha value is -0.980. The van der Waals surface area contributed by atoms with E-state index in [-0.39, 0.29) is 0 Å². The molecular formula is C15H26N4O2. The second-order valence-electron chi connectivity index (χ2n) is 6.14. The molecule has 1 fully saturated rings. The van der Waals surface area contributed by atoms with Gasteiger partial charge in [0.2, 0.25) is 0 Å². The molecule has 0 saturated carbocycles. The van der Waals surface area contributed by atoms with E-state index in [4.69, 9.17) is 9.47 Å². The molecule has 0 unspecified atom stereocenters. The first-order valence-corrected chi connectivity index (χ1v) is 8.03. The van der Waals surface area contributed by atoms with Gasteiger partial charge in [-0.1, -0.05) is 5.21 Å². The third kappa shape index (κ3) is 3.27. The predicted octanol–water partition coefficient (Wildman–Crippen LogP) is 1.27. The highest BCUT2D eigenvalue weighted by Gasteiger charge is 2.31. The molecule has 6 heteroatoms. The molecule has 6 nitrogen and oxygen atoms in total. The van der Waals surface area contributed by atoms with Crippen LogP contribution in [0, 0.1) is 5.92 Å². The van der Waals surface area contributed by atoms with Gasteiger partial charge in [0.05, 0.1) is 12.3 Å². The summed E-state index contributed by atoms with van der Waals surface area (Å²) >= 11 is 0. The molecule has 0 bridgehead atoms. The zero-order valence-corrected chi connectivity index (χ0v) is 13.1. The van der Waals surface area contributed by atoms with E-state index >= 15 is 0 Å². The van der Waals surface area contributed by atoms with Gasteiger partial charge in [0.1, 0.15) is 5.69 Å². The van der Waals surface area contributed by atoms with E-state index in [1.165, 1.54) is 18.5 Å². The van der Waals surface area contributed by atoms with Crippen LogP contribution in [0.15, 0.2) is 0 Å². The summed E-state index contributed by atoms with van der Waals surface area (Å²) in [4.78, 5) is 2.52. The minimum atomic E-state index is 0.383. The monoisotopic (exact) mass is 294 g/mol. The third-order valence-corrected chi connectivity index (χ3v) is 4.61. The Labute approximate surface area is 126 Å². The van der Waals surface area contributed by atoms with Crippen molar-refractivity contribution in [3.63, 3.8) is 0 Å². The van der Waals surface area contributed by atoms with Crippen molar-refractivity contribution < 1.29 is 9.47 Å². The minimum absolute atomic E-state index is 0.383. The Bertz CT molecular complexity index is 457. The maximum Gasteiger partial charge on any atom is 0.100 e. The van der Waals surface area contributed by atoms with Crippen LogP contribution in [0.2, 0.25) is 0 Å². The number of rotatable bonds is 5. The fourth-order valence-corrected chi connectivity index (χ4v) is 3.59. The van der Waals surface area contributed by atoms with Crippen LogP contribution in [0.5, 0.6) is 0 Å². The highest BCUT2D eigenvalue weighted by molar-refractivity contribution is 5.20. The lowest BCUT2D eigenvalue weighted by Crippen LogP contribution is -2.40. The van der Waals surface area contributed by atoms with E-state index in [9.17, 15) is 0 Å². The average Bonchev–Trinajstić information content (AvgIpc) is 2.92. The van der Waals surface area contributed by atoms with Gasteiger partial charge in [-0.25, -0.2) is 4.68 Å². The molecule has 0 aromatic carbocycles. The van der Waals surface area contributed by atoms with Crippen molar-refractivity contribution in [3.8, 4) is 0 Å². The molecule has 118 valence electrons. The van der Waals surface area contributed by atoms with Crippen LogP contribution in [0.3, 0.4) is 0 Å². The van der Waals surface area contributed by atoms with Crippen LogP contribution in [0.1, 0.15) is 37.1 Å². The van der Waals surface area contributed by atoms with Crippen molar-refractivity contribution in [3.05, 3.63) is 11.4 Å². The number of hydrogen-bond acceptors (Lipinski definition) is 5. The molecule has 1 aromatic heterocycles. The van der Waals surface area contributed by atoms with Gasteiger partial charge in [-0.2, -0.15) is 0 Å². The molecule has 1 aromatic rings. The number of ether oxygens (including phenoxy) is 2. The van der Waals surface area contributed by atoms with Crippen LogP contribution in [0.4, 0.5) is 0 Å². The van der Waals surface area contributed by atoms with E-state index in [0.717, 1.165) is 57.6 Å². The summed E-state index contributed by atoms with van der Waals surface area (Å²) in [5.41, 5.74) is 2.42. The van der Waals surface area contributed by atoms with Gasteiger partial charge in [-0.3, -0.25) is 4.90 Å². The second-order valence-corrected chi connectivity index (χ2v) is 6.14. The minimum Gasteiger partial charge on any atom is -0.384 e. The summed E-state index contributed by atoms with van der Waals surface area (Å²) in [7, 11) is 1.77. The maximum absolute atomic E-state index is 5.46. The molecular weight excluding hydrogens is 268 g/mol. The molecule has 21 heavy (non-hydrogen) atoms. The van der Waals surface area contributed by atoms with Crippen LogP contribution in [-0.4, -0.2) is 59.9 Å². The zero-order valence-electron chi connectivity index (χ0n) is 13.1. The quantitative estimate of drug-likeness (QED) is 0.818. The summed E-state index contributed by atoms with van der Waals surface area (Å²) in [6.45, 7) is 8.68. The number of fused-ring (bicyclic) bond motifs is 1. The highest BCUT2D eigenvalue weighted by atomic mass is 16.5. The first kappa shape index (κ1) is 14.9. The molecule has 1 atom stereocenters. The standard InChI is InChI=1S/C15H26N4O2/c1-3-19-15-13(11-20-2)9-18(10-14(15)16-17-19)8-12-4-6-21-7-5-12/h12-13H,3-11H2,1-2H3/t13-/m1/s1. The molecule has 0 radical (unpaired) electrons. The zero-order chi connectivity index (χ0) is 14.7. The first-order valence-electron chi connectivity index (χ1n) is 8.03. The van der Waals surface area contributed by atoms with E-state index in [1.807, 2.05) is 4.68 Å². The smallest absolute Gasteiger partial charge is 0.100 e. The van der Waals surface area contributed by atoms with E-state index < -0.39 is 0 Å². The van der Waals surface area contributed by atoms with Gasteiger partial charge < -0.3 is 9.47 Å². The maximum atomic E-state index is 5.46. The lowest BCUT2D eigenvalue weighted by atomic mass is 9.95. The van der Waals surface area contributed by atoms with Crippen LogP contribution >= 0.6 is 0 Å². The summed E-state index contributed by atoms with van der Waals surface area (Å²) in [5.74, 6) is 1.14. The number of aromatic nitrogens is 3. The van der Waals surface area contributed by atoms with Gasteiger partial charge in [-0.05, 0) is 25.7 Å². The summed E-state index contributed by atoms with van der Waals surface area (Å²) < 4.78 is 12.9. The fourth-order valence-electron chi connectivity index (χ4n) is 3.59. The Kier molecular flexibility index (Phi) is 4.87. The molecule has 0 amide bonds. The lowest BCUT2D eigenvalue weighted by molar-refractivity contribution is 0.0456.